The molecule has 1 unspecified atom stereocenters. The van der Waals surface area contributed by atoms with Crippen molar-refractivity contribution in [3.8, 4) is 11.5 Å². The maximum Gasteiger partial charge on any atom is 0.267 e. The summed E-state index contributed by atoms with van der Waals surface area (Å²) >= 11 is 0. The Balaban J connectivity index is 1.82. The van der Waals surface area contributed by atoms with Crippen LogP contribution in [0.3, 0.4) is 0 Å². The predicted molar refractivity (Wildman–Crippen MR) is 109 cm³/mol. The highest BCUT2D eigenvalue weighted by molar-refractivity contribution is 7.92. The standard InChI is InChI=1S/C20H24N2O5S/c1-13(2)26-16-7-5-6-15(11-16)21-20(23)19-12-22(28(4,24)25)17-10-14(3)8-9-18(17)27-19/h5-11,13,19H,12H2,1-4H3,(H,21,23). The van der Waals surface area contributed by atoms with Crippen molar-refractivity contribution in [1.82, 2.24) is 0 Å². The number of sulfonamides is 1. The van der Waals surface area contributed by atoms with Crippen molar-refractivity contribution in [2.45, 2.75) is 33.0 Å². The van der Waals surface area contributed by atoms with E-state index in [2.05, 4.69) is 5.32 Å². The number of nitrogens with zero attached hydrogens (tertiary/aromatic N) is 1. The topological polar surface area (TPSA) is 84.9 Å². The first kappa shape index (κ1) is 20.0. The van der Waals surface area contributed by atoms with Crippen LogP contribution in [0, 0.1) is 6.92 Å². The highest BCUT2D eigenvalue weighted by Gasteiger charge is 2.35. The van der Waals surface area contributed by atoms with E-state index in [9.17, 15) is 13.2 Å². The molecule has 1 heterocycles. The summed E-state index contributed by atoms with van der Waals surface area (Å²) in [4.78, 5) is 12.8. The Kier molecular flexibility index (Phi) is 5.51. The van der Waals surface area contributed by atoms with Crippen LogP contribution in [0.15, 0.2) is 42.5 Å². The van der Waals surface area contributed by atoms with Gasteiger partial charge in [-0.3, -0.25) is 9.10 Å². The molecule has 0 bridgehead atoms. The van der Waals surface area contributed by atoms with Gasteiger partial charge in [-0.2, -0.15) is 0 Å². The van der Waals surface area contributed by atoms with Crippen LogP contribution in [0.1, 0.15) is 19.4 Å². The van der Waals surface area contributed by atoms with E-state index in [0.29, 0.717) is 22.9 Å². The van der Waals surface area contributed by atoms with Crippen molar-refractivity contribution < 1.29 is 22.7 Å². The number of anilines is 2. The van der Waals surface area contributed by atoms with Crippen LogP contribution in [-0.4, -0.2) is 39.3 Å². The minimum atomic E-state index is -3.56. The fourth-order valence-corrected chi connectivity index (χ4v) is 3.86. The predicted octanol–water partition coefficient (Wildman–Crippen LogP) is 2.95. The molecule has 0 spiro atoms. The van der Waals surface area contributed by atoms with Crippen LogP contribution in [0.4, 0.5) is 11.4 Å². The van der Waals surface area contributed by atoms with Crippen molar-refractivity contribution in [2.75, 3.05) is 22.4 Å². The minimum Gasteiger partial charge on any atom is -0.491 e. The molecule has 1 N–H and O–H groups in total. The van der Waals surface area contributed by atoms with Gasteiger partial charge in [-0.25, -0.2) is 8.42 Å². The number of carbonyl (C=O) groups is 1. The lowest BCUT2D eigenvalue weighted by molar-refractivity contribution is -0.122. The zero-order chi connectivity index (χ0) is 20.5. The quantitative estimate of drug-likeness (QED) is 0.828. The third kappa shape index (κ3) is 4.56. The molecule has 28 heavy (non-hydrogen) atoms. The molecule has 1 aliphatic rings. The summed E-state index contributed by atoms with van der Waals surface area (Å²) < 4.78 is 37.1. The molecule has 7 nitrogen and oxygen atoms in total. The molecule has 0 saturated heterocycles. The smallest absolute Gasteiger partial charge is 0.267 e. The molecular formula is C20H24N2O5S. The lowest BCUT2D eigenvalue weighted by Crippen LogP contribution is -2.48. The molecule has 2 aromatic carbocycles. The molecule has 1 atom stereocenters. The second kappa shape index (κ2) is 7.71. The van der Waals surface area contributed by atoms with Crippen LogP contribution < -0.4 is 19.1 Å². The van der Waals surface area contributed by atoms with E-state index in [1.54, 1.807) is 36.4 Å². The lowest BCUT2D eigenvalue weighted by atomic mass is 10.1. The Hall–Kier alpha value is -2.74. The highest BCUT2D eigenvalue weighted by atomic mass is 32.2. The lowest BCUT2D eigenvalue weighted by Gasteiger charge is -2.34. The van der Waals surface area contributed by atoms with Gasteiger partial charge in [0.25, 0.3) is 5.91 Å². The molecule has 3 rings (SSSR count). The van der Waals surface area contributed by atoms with Crippen molar-refractivity contribution in [2.24, 2.45) is 0 Å². The number of fused-ring (bicyclic) bond motifs is 1. The van der Waals surface area contributed by atoms with E-state index < -0.39 is 22.0 Å². The summed E-state index contributed by atoms with van der Waals surface area (Å²) in [6.45, 7) is 5.61. The fourth-order valence-electron chi connectivity index (χ4n) is 2.95. The Morgan fingerprint density at radius 1 is 1.25 bits per heavy atom. The average molecular weight is 404 g/mol. The summed E-state index contributed by atoms with van der Waals surface area (Å²) in [7, 11) is -3.56. The minimum absolute atomic E-state index is 0.0101. The van der Waals surface area contributed by atoms with Crippen LogP contribution in [0.2, 0.25) is 0 Å². The molecule has 8 heteroatoms. The van der Waals surface area contributed by atoms with Gasteiger partial charge in [0.2, 0.25) is 10.0 Å². The third-order valence-electron chi connectivity index (χ3n) is 4.15. The van der Waals surface area contributed by atoms with E-state index in [1.807, 2.05) is 26.8 Å². The Morgan fingerprint density at radius 3 is 2.68 bits per heavy atom. The van der Waals surface area contributed by atoms with E-state index in [0.717, 1.165) is 11.8 Å². The van der Waals surface area contributed by atoms with Gasteiger partial charge < -0.3 is 14.8 Å². The molecule has 0 fully saturated rings. The average Bonchev–Trinajstić information content (AvgIpc) is 2.59. The summed E-state index contributed by atoms with van der Waals surface area (Å²) in [6.07, 6.45) is 0.155. The van der Waals surface area contributed by atoms with E-state index in [1.165, 1.54) is 4.31 Å². The largest absolute Gasteiger partial charge is 0.491 e. The Bertz CT molecular complexity index is 988. The van der Waals surface area contributed by atoms with Gasteiger partial charge in [0.05, 0.1) is 24.6 Å². The number of ether oxygens (including phenoxy) is 2. The fraction of sp³-hybridized carbons (Fsp3) is 0.350. The normalized spacial score (nSPS) is 16.3. The van der Waals surface area contributed by atoms with Gasteiger partial charge >= 0.3 is 0 Å². The highest BCUT2D eigenvalue weighted by Crippen LogP contribution is 2.36. The molecule has 0 radical (unpaired) electrons. The van der Waals surface area contributed by atoms with E-state index >= 15 is 0 Å². The van der Waals surface area contributed by atoms with Crippen LogP contribution in [-0.2, 0) is 14.8 Å². The first-order valence-corrected chi connectivity index (χ1v) is 10.8. The molecule has 0 saturated carbocycles. The van der Waals surface area contributed by atoms with Crippen LogP contribution >= 0.6 is 0 Å². The maximum atomic E-state index is 12.8. The van der Waals surface area contributed by atoms with Crippen molar-refractivity contribution in [3.05, 3.63) is 48.0 Å². The maximum absolute atomic E-state index is 12.8. The first-order valence-electron chi connectivity index (χ1n) is 8.96. The summed E-state index contributed by atoms with van der Waals surface area (Å²) in [5, 5.41) is 2.77. The van der Waals surface area contributed by atoms with Gasteiger partial charge in [-0.05, 0) is 50.6 Å². The Labute approximate surface area is 165 Å². The second-order valence-corrected chi connectivity index (χ2v) is 8.96. The molecule has 1 aliphatic heterocycles. The molecule has 0 aliphatic carbocycles. The van der Waals surface area contributed by atoms with Gasteiger partial charge in [0, 0.05) is 11.8 Å². The number of amides is 1. The number of hydrogen-bond donors (Lipinski definition) is 1. The van der Waals surface area contributed by atoms with Crippen molar-refractivity contribution in [1.29, 1.82) is 0 Å². The van der Waals surface area contributed by atoms with Gasteiger partial charge in [0.15, 0.2) is 6.10 Å². The Morgan fingerprint density at radius 2 is 2.00 bits per heavy atom. The van der Waals surface area contributed by atoms with Crippen LogP contribution in [0.25, 0.3) is 0 Å². The molecule has 1 amide bonds. The van der Waals surface area contributed by atoms with Crippen molar-refractivity contribution >= 4 is 27.3 Å². The molecular weight excluding hydrogens is 380 g/mol. The van der Waals surface area contributed by atoms with E-state index in [-0.39, 0.29) is 12.6 Å². The number of hydrogen-bond acceptors (Lipinski definition) is 5. The third-order valence-corrected chi connectivity index (χ3v) is 5.30. The second-order valence-electron chi connectivity index (χ2n) is 7.06. The molecule has 2 aromatic rings. The monoisotopic (exact) mass is 404 g/mol. The van der Waals surface area contributed by atoms with E-state index in [4.69, 9.17) is 9.47 Å². The number of carbonyl (C=O) groups excluding carboxylic acids is 1. The van der Waals surface area contributed by atoms with Crippen molar-refractivity contribution in [3.63, 3.8) is 0 Å². The molecule has 0 aromatic heterocycles. The summed E-state index contributed by atoms with van der Waals surface area (Å²) in [6, 6.07) is 12.3. The number of aryl methyl sites for hydroxylation is 1. The summed E-state index contributed by atoms with van der Waals surface area (Å²) in [5.41, 5.74) is 1.90. The van der Waals surface area contributed by atoms with Gasteiger partial charge in [-0.1, -0.05) is 12.1 Å². The van der Waals surface area contributed by atoms with Gasteiger partial charge in [-0.15, -0.1) is 0 Å². The van der Waals surface area contributed by atoms with Gasteiger partial charge in [0.1, 0.15) is 11.5 Å². The SMILES string of the molecule is Cc1ccc2c(c1)N(S(C)(=O)=O)CC(C(=O)Nc1cccc(OC(C)C)c1)O2. The van der Waals surface area contributed by atoms with Crippen LogP contribution in [0.5, 0.6) is 11.5 Å². The number of rotatable bonds is 5. The first-order chi connectivity index (χ1) is 13.1. The zero-order valence-electron chi connectivity index (χ0n) is 16.3. The zero-order valence-corrected chi connectivity index (χ0v) is 17.1. The number of nitrogens with one attached hydrogen (secondary N) is 1. The molecule has 150 valence electrons. The number of benzene rings is 2. The summed E-state index contributed by atoms with van der Waals surface area (Å²) in [5.74, 6) is 0.567.